The maximum absolute atomic E-state index is 5.30. The molecule has 0 aliphatic rings. The Labute approximate surface area is 86.1 Å². The summed E-state index contributed by atoms with van der Waals surface area (Å²) in [5, 5.41) is 0. The van der Waals surface area contributed by atoms with E-state index in [1.54, 1.807) is 0 Å². The summed E-state index contributed by atoms with van der Waals surface area (Å²) in [6.07, 6.45) is 1.28. The lowest BCUT2D eigenvalue weighted by Gasteiger charge is -2.07. The van der Waals surface area contributed by atoms with Crippen molar-refractivity contribution in [1.29, 1.82) is 0 Å². The summed E-state index contributed by atoms with van der Waals surface area (Å²) in [6, 6.07) is 0. The minimum atomic E-state index is 0.785. The predicted molar refractivity (Wildman–Crippen MR) is 61.5 cm³/mol. The van der Waals surface area contributed by atoms with Gasteiger partial charge in [-0.3, -0.25) is 0 Å². The Morgan fingerprint density at radius 3 is 2.75 bits per heavy atom. The first-order valence-electron chi connectivity index (χ1n) is 4.57. The number of ether oxygens (including phenoxy) is 1. The monoisotopic (exact) mass is 208 g/mol. The molecule has 0 bridgehead atoms. The molecule has 74 valence electrons. The van der Waals surface area contributed by atoms with Crippen LogP contribution in [0.5, 0.6) is 0 Å². The lowest BCUT2D eigenvalue weighted by Crippen LogP contribution is -2.02. The van der Waals surface area contributed by atoms with Gasteiger partial charge in [-0.25, -0.2) is 0 Å². The first-order chi connectivity index (χ1) is 5.81. The minimum Gasteiger partial charge on any atom is -0.380 e. The second kappa shape index (κ2) is 9.75. The van der Waals surface area contributed by atoms with Gasteiger partial charge < -0.3 is 4.74 Å². The molecular weight excluding hydrogens is 188 g/mol. The number of hydrogen-bond acceptors (Lipinski definition) is 3. The molecule has 0 spiro atoms. The van der Waals surface area contributed by atoms with Gasteiger partial charge in [-0.2, -0.15) is 24.4 Å². The van der Waals surface area contributed by atoms with Crippen molar-refractivity contribution in [3.63, 3.8) is 0 Å². The average molecular weight is 208 g/mol. The van der Waals surface area contributed by atoms with Crippen molar-refractivity contribution in [2.24, 2.45) is 5.92 Å². The topological polar surface area (TPSA) is 9.23 Å². The molecule has 0 saturated heterocycles. The van der Waals surface area contributed by atoms with Crippen molar-refractivity contribution in [3.05, 3.63) is 0 Å². The van der Waals surface area contributed by atoms with Crippen LogP contribution in [0.25, 0.3) is 0 Å². The first kappa shape index (κ1) is 12.7. The van der Waals surface area contributed by atoms with Crippen molar-refractivity contribution in [2.75, 3.05) is 30.5 Å². The van der Waals surface area contributed by atoms with Crippen LogP contribution >= 0.6 is 24.4 Å². The van der Waals surface area contributed by atoms with Gasteiger partial charge in [0.2, 0.25) is 0 Å². The number of thioether (sulfide) groups is 1. The standard InChI is InChI=1S/C9H20OS2/c1-3-9(2)8-12-7-5-10-4-6-11/h9,11H,3-8H2,1-2H3. The quantitative estimate of drug-likeness (QED) is 0.485. The first-order valence-corrected chi connectivity index (χ1v) is 6.36. The van der Waals surface area contributed by atoms with E-state index in [0.29, 0.717) is 0 Å². The molecule has 3 heteroatoms. The maximum Gasteiger partial charge on any atom is 0.0557 e. The number of rotatable bonds is 8. The van der Waals surface area contributed by atoms with Gasteiger partial charge in [0.05, 0.1) is 13.2 Å². The molecule has 0 radical (unpaired) electrons. The Balaban J connectivity index is 2.90. The van der Waals surface area contributed by atoms with Crippen LogP contribution in [0.15, 0.2) is 0 Å². The lowest BCUT2D eigenvalue weighted by atomic mass is 10.2. The molecule has 0 amide bonds. The van der Waals surface area contributed by atoms with Crippen LogP contribution in [0.3, 0.4) is 0 Å². The lowest BCUT2D eigenvalue weighted by molar-refractivity contribution is 0.167. The van der Waals surface area contributed by atoms with E-state index in [-0.39, 0.29) is 0 Å². The van der Waals surface area contributed by atoms with Crippen LogP contribution in [0, 0.1) is 5.92 Å². The van der Waals surface area contributed by atoms with Crippen molar-refractivity contribution in [3.8, 4) is 0 Å². The maximum atomic E-state index is 5.30. The largest absolute Gasteiger partial charge is 0.380 e. The third-order valence-electron chi connectivity index (χ3n) is 1.71. The van der Waals surface area contributed by atoms with Crippen molar-refractivity contribution in [2.45, 2.75) is 20.3 Å². The van der Waals surface area contributed by atoms with E-state index >= 15 is 0 Å². The molecule has 0 fully saturated rings. The van der Waals surface area contributed by atoms with E-state index in [9.17, 15) is 0 Å². The van der Waals surface area contributed by atoms with Gasteiger partial charge in [0.25, 0.3) is 0 Å². The summed E-state index contributed by atoms with van der Waals surface area (Å²) in [7, 11) is 0. The van der Waals surface area contributed by atoms with E-state index in [4.69, 9.17) is 4.74 Å². The van der Waals surface area contributed by atoms with Gasteiger partial charge in [0, 0.05) is 11.5 Å². The van der Waals surface area contributed by atoms with Gasteiger partial charge >= 0.3 is 0 Å². The van der Waals surface area contributed by atoms with Crippen LogP contribution in [0.2, 0.25) is 0 Å². The number of thiol groups is 1. The van der Waals surface area contributed by atoms with Gasteiger partial charge in [-0.05, 0) is 11.7 Å². The fourth-order valence-corrected chi connectivity index (χ4v) is 1.86. The zero-order valence-electron chi connectivity index (χ0n) is 8.08. The van der Waals surface area contributed by atoms with Crippen molar-refractivity contribution in [1.82, 2.24) is 0 Å². The molecule has 1 nitrogen and oxygen atoms in total. The molecule has 0 aromatic rings. The van der Waals surface area contributed by atoms with Gasteiger partial charge in [-0.1, -0.05) is 20.3 Å². The Kier molecular flexibility index (Phi) is 10.3. The molecule has 12 heavy (non-hydrogen) atoms. The summed E-state index contributed by atoms with van der Waals surface area (Å²) in [4.78, 5) is 0. The molecule has 0 aromatic carbocycles. The van der Waals surface area contributed by atoms with Crippen LogP contribution in [0.4, 0.5) is 0 Å². The Hall–Kier alpha value is 0.660. The summed E-state index contributed by atoms with van der Waals surface area (Å²) in [5.74, 6) is 4.06. The molecule has 0 saturated carbocycles. The van der Waals surface area contributed by atoms with Gasteiger partial charge in [-0.15, -0.1) is 0 Å². The second-order valence-corrected chi connectivity index (χ2v) is 4.52. The molecule has 0 N–H and O–H groups in total. The average Bonchev–Trinajstić information content (AvgIpc) is 2.10. The summed E-state index contributed by atoms with van der Waals surface area (Å²) >= 11 is 6.05. The van der Waals surface area contributed by atoms with Crippen molar-refractivity contribution >= 4 is 24.4 Å². The highest BCUT2D eigenvalue weighted by atomic mass is 32.2. The van der Waals surface area contributed by atoms with E-state index < -0.39 is 0 Å². The van der Waals surface area contributed by atoms with Gasteiger partial charge in [0.1, 0.15) is 0 Å². The zero-order chi connectivity index (χ0) is 9.23. The highest BCUT2D eigenvalue weighted by Gasteiger charge is 1.97. The fourth-order valence-electron chi connectivity index (χ4n) is 0.687. The molecule has 0 rings (SSSR count). The van der Waals surface area contributed by atoms with Crippen LogP contribution in [-0.2, 0) is 4.74 Å². The van der Waals surface area contributed by atoms with Crippen LogP contribution in [-0.4, -0.2) is 30.5 Å². The Morgan fingerprint density at radius 1 is 1.42 bits per heavy atom. The van der Waals surface area contributed by atoms with E-state index in [0.717, 1.165) is 30.6 Å². The van der Waals surface area contributed by atoms with Crippen molar-refractivity contribution < 1.29 is 4.74 Å². The molecule has 0 aliphatic heterocycles. The van der Waals surface area contributed by atoms with E-state index in [1.807, 2.05) is 11.8 Å². The predicted octanol–water partition coefficient (Wildman–Crippen LogP) is 2.71. The van der Waals surface area contributed by atoms with E-state index in [1.165, 1.54) is 12.2 Å². The third-order valence-corrected chi connectivity index (χ3v) is 3.15. The van der Waals surface area contributed by atoms with E-state index in [2.05, 4.69) is 26.5 Å². The smallest absolute Gasteiger partial charge is 0.0557 e. The second-order valence-electron chi connectivity index (χ2n) is 2.92. The molecular formula is C9H20OS2. The molecule has 1 unspecified atom stereocenters. The molecule has 0 aromatic heterocycles. The summed E-state index contributed by atoms with van der Waals surface area (Å²) in [5.41, 5.74) is 0. The highest BCUT2D eigenvalue weighted by Crippen LogP contribution is 2.10. The molecule has 0 aliphatic carbocycles. The number of hydrogen-bond donors (Lipinski definition) is 1. The normalized spacial score (nSPS) is 13.2. The van der Waals surface area contributed by atoms with Gasteiger partial charge in [0.15, 0.2) is 0 Å². The highest BCUT2D eigenvalue weighted by molar-refractivity contribution is 7.99. The SMILES string of the molecule is CCC(C)CSCCOCCS. The molecule has 0 heterocycles. The van der Waals surface area contributed by atoms with Crippen LogP contribution in [0.1, 0.15) is 20.3 Å². The fraction of sp³-hybridized carbons (Fsp3) is 1.00. The summed E-state index contributed by atoms with van der Waals surface area (Å²) in [6.45, 7) is 6.19. The Bertz CT molecular complexity index is 88.6. The summed E-state index contributed by atoms with van der Waals surface area (Å²) < 4.78 is 5.30. The zero-order valence-corrected chi connectivity index (χ0v) is 9.79. The third kappa shape index (κ3) is 8.75. The Morgan fingerprint density at radius 2 is 2.17 bits per heavy atom. The van der Waals surface area contributed by atoms with Crippen LogP contribution < -0.4 is 0 Å². The minimum absolute atomic E-state index is 0.785. The molecule has 1 atom stereocenters.